The second-order valence-electron chi connectivity index (χ2n) is 4.09. The van der Waals surface area contributed by atoms with Crippen LogP contribution in [0.25, 0.3) is 0 Å². The van der Waals surface area contributed by atoms with Crippen LogP contribution < -0.4 is 14.8 Å². The topological polar surface area (TPSA) is 67.4 Å². The summed E-state index contributed by atoms with van der Waals surface area (Å²) in [5.41, 5.74) is 0.169. The van der Waals surface area contributed by atoms with E-state index in [2.05, 4.69) is 14.8 Å². The average molecular weight is 312 g/mol. The number of alkyl halides is 3. The van der Waals surface area contributed by atoms with E-state index in [4.69, 9.17) is 0 Å². The van der Waals surface area contributed by atoms with E-state index < -0.39 is 27.4 Å². The standard InChI is InChI=1S/C11H15F3N2O3S/c1-8(7-15-2)20(17,18)16-9-3-5-10(6-4-9)19-11(12,13)14/h3-6,8,15-16H,7H2,1-2H3. The molecule has 2 N–H and O–H groups in total. The lowest BCUT2D eigenvalue weighted by atomic mass is 10.3. The minimum Gasteiger partial charge on any atom is -0.406 e. The zero-order valence-electron chi connectivity index (χ0n) is 10.9. The van der Waals surface area contributed by atoms with E-state index in [0.29, 0.717) is 0 Å². The Balaban J connectivity index is 2.75. The van der Waals surface area contributed by atoms with Crippen LogP contribution in [0.3, 0.4) is 0 Å². The second-order valence-corrected chi connectivity index (χ2v) is 6.19. The fourth-order valence-electron chi connectivity index (χ4n) is 1.39. The predicted octanol–water partition coefficient (Wildman–Crippen LogP) is 1.93. The van der Waals surface area contributed by atoms with Gasteiger partial charge in [0.15, 0.2) is 0 Å². The Morgan fingerprint density at radius 1 is 1.25 bits per heavy atom. The third kappa shape index (κ3) is 5.25. The van der Waals surface area contributed by atoms with Crippen LogP contribution in [-0.4, -0.2) is 33.6 Å². The third-order valence-electron chi connectivity index (χ3n) is 2.37. The molecular formula is C11H15F3N2O3S. The van der Waals surface area contributed by atoms with E-state index in [0.717, 1.165) is 12.1 Å². The smallest absolute Gasteiger partial charge is 0.406 e. The summed E-state index contributed by atoms with van der Waals surface area (Å²) in [6.45, 7) is 1.77. The number of halogens is 3. The van der Waals surface area contributed by atoms with Gasteiger partial charge < -0.3 is 10.1 Å². The van der Waals surface area contributed by atoms with Crippen LogP contribution in [0.2, 0.25) is 0 Å². The van der Waals surface area contributed by atoms with Gasteiger partial charge in [-0.15, -0.1) is 13.2 Å². The van der Waals surface area contributed by atoms with E-state index in [-0.39, 0.29) is 12.2 Å². The van der Waals surface area contributed by atoms with Crippen LogP contribution >= 0.6 is 0 Å². The van der Waals surface area contributed by atoms with Gasteiger partial charge >= 0.3 is 6.36 Å². The lowest BCUT2D eigenvalue weighted by Gasteiger charge is -2.15. The van der Waals surface area contributed by atoms with Crippen molar-refractivity contribution in [1.82, 2.24) is 5.32 Å². The maximum Gasteiger partial charge on any atom is 0.573 e. The van der Waals surface area contributed by atoms with Crippen molar-refractivity contribution < 1.29 is 26.3 Å². The van der Waals surface area contributed by atoms with E-state index in [9.17, 15) is 21.6 Å². The SMILES string of the molecule is CNCC(C)S(=O)(=O)Nc1ccc(OC(F)(F)F)cc1. The Labute approximate surface area is 115 Å². The van der Waals surface area contributed by atoms with Crippen molar-refractivity contribution >= 4 is 15.7 Å². The molecule has 0 saturated carbocycles. The Kier molecular flexibility index (Phi) is 5.23. The fraction of sp³-hybridized carbons (Fsp3) is 0.455. The molecule has 0 fully saturated rings. The number of nitrogens with one attached hydrogen (secondary N) is 2. The van der Waals surface area contributed by atoms with Gasteiger partial charge in [-0.1, -0.05) is 0 Å². The number of anilines is 1. The van der Waals surface area contributed by atoms with Crippen molar-refractivity contribution in [2.24, 2.45) is 0 Å². The van der Waals surface area contributed by atoms with Crippen molar-refractivity contribution in [2.75, 3.05) is 18.3 Å². The average Bonchev–Trinajstić information content (AvgIpc) is 2.30. The molecule has 0 bridgehead atoms. The molecule has 1 atom stereocenters. The highest BCUT2D eigenvalue weighted by atomic mass is 32.2. The van der Waals surface area contributed by atoms with Gasteiger partial charge in [0, 0.05) is 12.2 Å². The molecule has 0 aliphatic carbocycles. The molecule has 20 heavy (non-hydrogen) atoms. The minimum atomic E-state index is -4.78. The molecule has 0 spiro atoms. The largest absolute Gasteiger partial charge is 0.573 e. The zero-order valence-corrected chi connectivity index (χ0v) is 11.7. The monoisotopic (exact) mass is 312 g/mol. The number of sulfonamides is 1. The summed E-state index contributed by atoms with van der Waals surface area (Å²) in [7, 11) is -1.98. The van der Waals surface area contributed by atoms with Crippen LogP contribution in [-0.2, 0) is 10.0 Å². The molecule has 1 rings (SSSR count). The summed E-state index contributed by atoms with van der Waals surface area (Å²) in [6.07, 6.45) is -4.78. The summed E-state index contributed by atoms with van der Waals surface area (Å²) >= 11 is 0. The van der Waals surface area contributed by atoms with E-state index in [1.807, 2.05) is 0 Å². The van der Waals surface area contributed by atoms with Crippen LogP contribution in [0.15, 0.2) is 24.3 Å². The summed E-state index contributed by atoms with van der Waals surface area (Å²) < 4.78 is 65.5. The van der Waals surface area contributed by atoms with E-state index in [1.165, 1.54) is 19.1 Å². The minimum absolute atomic E-state index is 0.169. The molecule has 1 aromatic carbocycles. The number of benzene rings is 1. The molecule has 114 valence electrons. The first-order chi connectivity index (χ1) is 9.14. The highest BCUT2D eigenvalue weighted by molar-refractivity contribution is 7.93. The third-order valence-corrected chi connectivity index (χ3v) is 4.12. The molecule has 0 amide bonds. The molecule has 5 nitrogen and oxygen atoms in total. The summed E-state index contributed by atoms with van der Waals surface area (Å²) in [4.78, 5) is 0. The summed E-state index contributed by atoms with van der Waals surface area (Å²) in [5, 5.41) is 2.05. The maximum absolute atomic E-state index is 12.0. The number of rotatable bonds is 6. The van der Waals surface area contributed by atoms with Gasteiger partial charge in [0.25, 0.3) is 0 Å². The molecule has 9 heteroatoms. The van der Waals surface area contributed by atoms with Gasteiger partial charge in [0.2, 0.25) is 10.0 Å². The molecular weight excluding hydrogens is 297 g/mol. The fourth-order valence-corrected chi connectivity index (χ4v) is 2.44. The molecule has 0 aliphatic rings. The Morgan fingerprint density at radius 3 is 2.25 bits per heavy atom. The van der Waals surface area contributed by atoms with Gasteiger partial charge in [0.05, 0.1) is 5.25 Å². The predicted molar refractivity (Wildman–Crippen MR) is 69.1 cm³/mol. The first-order valence-corrected chi connectivity index (χ1v) is 7.21. The first kappa shape index (κ1) is 16.6. The van der Waals surface area contributed by atoms with Gasteiger partial charge in [-0.05, 0) is 38.2 Å². The zero-order chi connectivity index (χ0) is 15.4. The van der Waals surface area contributed by atoms with Gasteiger partial charge in [-0.2, -0.15) is 0 Å². The second kappa shape index (κ2) is 6.31. The molecule has 1 unspecified atom stereocenters. The van der Waals surface area contributed by atoms with Crippen LogP contribution in [0.1, 0.15) is 6.92 Å². The highest BCUT2D eigenvalue weighted by Crippen LogP contribution is 2.24. The molecule has 0 heterocycles. The highest BCUT2D eigenvalue weighted by Gasteiger charge is 2.31. The summed E-state index contributed by atoms with van der Waals surface area (Å²) in [5.74, 6) is -0.413. The Hall–Kier alpha value is -1.48. The van der Waals surface area contributed by atoms with Crippen LogP contribution in [0.5, 0.6) is 5.75 Å². The lowest BCUT2D eigenvalue weighted by Crippen LogP contribution is -2.33. The summed E-state index contributed by atoms with van der Waals surface area (Å²) in [6, 6.07) is 4.47. The molecule has 0 aliphatic heterocycles. The van der Waals surface area contributed by atoms with E-state index >= 15 is 0 Å². The van der Waals surface area contributed by atoms with Gasteiger partial charge in [-0.25, -0.2) is 8.42 Å². The van der Waals surface area contributed by atoms with Gasteiger partial charge in [-0.3, -0.25) is 4.72 Å². The van der Waals surface area contributed by atoms with Crippen molar-refractivity contribution in [3.8, 4) is 5.75 Å². The molecule has 1 aromatic rings. The first-order valence-electron chi connectivity index (χ1n) is 5.66. The van der Waals surface area contributed by atoms with Gasteiger partial charge in [0.1, 0.15) is 5.75 Å². The Bertz CT molecular complexity index is 529. The maximum atomic E-state index is 12.0. The van der Waals surface area contributed by atoms with Crippen molar-refractivity contribution in [2.45, 2.75) is 18.5 Å². The number of ether oxygens (including phenoxy) is 1. The van der Waals surface area contributed by atoms with Crippen molar-refractivity contribution in [3.63, 3.8) is 0 Å². The lowest BCUT2D eigenvalue weighted by molar-refractivity contribution is -0.274. The quantitative estimate of drug-likeness (QED) is 0.842. The van der Waals surface area contributed by atoms with Crippen LogP contribution in [0, 0.1) is 0 Å². The molecule has 0 aromatic heterocycles. The number of hydrogen-bond donors (Lipinski definition) is 2. The van der Waals surface area contributed by atoms with E-state index in [1.54, 1.807) is 7.05 Å². The Morgan fingerprint density at radius 2 is 1.80 bits per heavy atom. The molecule has 0 radical (unpaired) electrons. The normalized spacial score (nSPS) is 13.8. The van der Waals surface area contributed by atoms with Crippen LogP contribution in [0.4, 0.5) is 18.9 Å². The molecule has 0 saturated heterocycles. The number of hydrogen-bond acceptors (Lipinski definition) is 4. The van der Waals surface area contributed by atoms with Crippen molar-refractivity contribution in [1.29, 1.82) is 0 Å². The van der Waals surface area contributed by atoms with Crippen molar-refractivity contribution in [3.05, 3.63) is 24.3 Å².